The number of fused-ring (bicyclic) bond motifs is 1. The second kappa shape index (κ2) is 8.77. The summed E-state index contributed by atoms with van der Waals surface area (Å²) in [6.45, 7) is 5.61. The average Bonchev–Trinajstić information content (AvgIpc) is 3.12. The van der Waals surface area contributed by atoms with Crippen molar-refractivity contribution in [1.82, 2.24) is 4.98 Å². The molecule has 7 nitrogen and oxygen atoms in total. The molecule has 8 heteroatoms. The number of benzene rings is 2. The highest BCUT2D eigenvalue weighted by molar-refractivity contribution is 7.16. The van der Waals surface area contributed by atoms with Crippen molar-refractivity contribution < 1.29 is 19.1 Å². The summed E-state index contributed by atoms with van der Waals surface area (Å²) in [6.07, 6.45) is 0.384. The van der Waals surface area contributed by atoms with Gasteiger partial charge in [-0.05, 0) is 56.2 Å². The summed E-state index contributed by atoms with van der Waals surface area (Å²) < 4.78 is 11.2. The summed E-state index contributed by atoms with van der Waals surface area (Å²) >= 11 is 1.39. The third kappa shape index (κ3) is 4.69. The van der Waals surface area contributed by atoms with Crippen LogP contribution < -0.4 is 20.1 Å². The molecule has 0 bridgehead atoms. The molecule has 1 aliphatic rings. The van der Waals surface area contributed by atoms with Crippen LogP contribution in [0.3, 0.4) is 0 Å². The third-order valence-electron chi connectivity index (χ3n) is 4.90. The lowest BCUT2D eigenvalue weighted by atomic mass is 10.1. The molecule has 0 radical (unpaired) electrons. The number of anilines is 2. The SMILES string of the molecule is CCc1cccc(OCC(=O)Nc2nc(-c3ccc4c(c3)NC(=O)C(C)O4)c(C)s2)c1. The summed E-state index contributed by atoms with van der Waals surface area (Å²) in [5.74, 6) is 0.832. The van der Waals surface area contributed by atoms with E-state index in [1.807, 2.05) is 49.4 Å². The normalized spacial score (nSPS) is 14.9. The maximum Gasteiger partial charge on any atom is 0.265 e. The van der Waals surface area contributed by atoms with E-state index in [4.69, 9.17) is 9.47 Å². The highest BCUT2D eigenvalue weighted by Crippen LogP contribution is 2.36. The summed E-state index contributed by atoms with van der Waals surface area (Å²) in [7, 11) is 0. The number of hydrogen-bond donors (Lipinski definition) is 2. The number of aryl methyl sites for hydroxylation is 2. The van der Waals surface area contributed by atoms with Crippen molar-refractivity contribution in [3.05, 3.63) is 52.9 Å². The predicted octanol–water partition coefficient (Wildman–Crippen LogP) is 4.42. The van der Waals surface area contributed by atoms with E-state index < -0.39 is 6.10 Å². The molecule has 160 valence electrons. The van der Waals surface area contributed by atoms with Crippen LogP contribution >= 0.6 is 11.3 Å². The van der Waals surface area contributed by atoms with Crippen molar-refractivity contribution in [2.45, 2.75) is 33.3 Å². The van der Waals surface area contributed by atoms with Crippen molar-refractivity contribution in [2.75, 3.05) is 17.2 Å². The van der Waals surface area contributed by atoms with Gasteiger partial charge >= 0.3 is 0 Å². The van der Waals surface area contributed by atoms with Crippen LogP contribution in [-0.2, 0) is 16.0 Å². The first-order chi connectivity index (χ1) is 14.9. The number of aromatic nitrogens is 1. The largest absolute Gasteiger partial charge is 0.484 e. The maximum absolute atomic E-state index is 12.3. The molecule has 0 spiro atoms. The molecule has 1 atom stereocenters. The number of rotatable bonds is 6. The minimum absolute atomic E-state index is 0.0957. The minimum Gasteiger partial charge on any atom is -0.484 e. The molecule has 1 aromatic heterocycles. The quantitative estimate of drug-likeness (QED) is 0.596. The van der Waals surface area contributed by atoms with Gasteiger partial charge in [0, 0.05) is 10.4 Å². The van der Waals surface area contributed by atoms with E-state index in [0.717, 1.165) is 28.1 Å². The Morgan fingerprint density at radius 1 is 1.29 bits per heavy atom. The van der Waals surface area contributed by atoms with Gasteiger partial charge in [0.1, 0.15) is 11.5 Å². The molecule has 0 saturated heterocycles. The van der Waals surface area contributed by atoms with Gasteiger partial charge in [0.2, 0.25) is 0 Å². The standard InChI is InChI=1S/C23H23N3O4S/c1-4-15-6-5-7-17(10-15)29-12-20(27)25-23-26-21(14(3)31-23)16-8-9-19-18(11-16)24-22(28)13(2)30-19/h5-11,13H,4,12H2,1-3H3,(H,24,28)(H,25,26,27). The van der Waals surface area contributed by atoms with Crippen molar-refractivity contribution in [1.29, 1.82) is 0 Å². The molecule has 31 heavy (non-hydrogen) atoms. The van der Waals surface area contributed by atoms with Gasteiger partial charge in [0.15, 0.2) is 17.8 Å². The number of hydrogen-bond acceptors (Lipinski definition) is 6. The third-order valence-corrected chi connectivity index (χ3v) is 5.79. The number of carbonyl (C=O) groups is 2. The van der Waals surface area contributed by atoms with Gasteiger partial charge in [-0.25, -0.2) is 4.98 Å². The van der Waals surface area contributed by atoms with Crippen molar-refractivity contribution in [2.24, 2.45) is 0 Å². The minimum atomic E-state index is -0.521. The Morgan fingerprint density at radius 3 is 2.94 bits per heavy atom. The smallest absolute Gasteiger partial charge is 0.265 e. The average molecular weight is 438 g/mol. The van der Waals surface area contributed by atoms with E-state index in [0.29, 0.717) is 22.3 Å². The fraction of sp³-hybridized carbons (Fsp3) is 0.261. The lowest BCUT2D eigenvalue weighted by Gasteiger charge is -2.23. The predicted molar refractivity (Wildman–Crippen MR) is 121 cm³/mol. The molecule has 0 saturated carbocycles. The second-order valence-electron chi connectivity index (χ2n) is 7.22. The number of amides is 2. The van der Waals surface area contributed by atoms with Gasteiger partial charge in [-0.1, -0.05) is 19.1 Å². The zero-order valence-electron chi connectivity index (χ0n) is 17.5. The van der Waals surface area contributed by atoms with Gasteiger partial charge in [0.05, 0.1) is 11.4 Å². The van der Waals surface area contributed by atoms with Gasteiger partial charge < -0.3 is 14.8 Å². The fourth-order valence-corrected chi connectivity index (χ4v) is 4.09. The van der Waals surface area contributed by atoms with Gasteiger partial charge in [-0.2, -0.15) is 0 Å². The van der Waals surface area contributed by atoms with Crippen LogP contribution in [0, 0.1) is 6.92 Å². The van der Waals surface area contributed by atoms with E-state index in [1.54, 1.807) is 6.92 Å². The highest BCUT2D eigenvalue weighted by atomic mass is 32.1. The molecule has 3 aromatic rings. The summed E-state index contributed by atoms with van der Waals surface area (Å²) in [6, 6.07) is 13.2. The topological polar surface area (TPSA) is 89.5 Å². The molecule has 2 aromatic carbocycles. The molecular formula is C23H23N3O4S. The summed E-state index contributed by atoms with van der Waals surface area (Å²) in [5.41, 5.74) is 3.34. The Balaban J connectivity index is 1.43. The van der Waals surface area contributed by atoms with E-state index in [9.17, 15) is 9.59 Å². The fourth-order valence-electron chi connectivity index (χ4n) is 3.23. The Bertz CT molecular complexity index is 1140. The van der Waals surface area contributed by atoms with Gasteiger partial charge in [-0.3, -0.25) is 14.9 Å². The van der Waals surface area contributed by atoms with Gasteiger partial charge in [0.25, 0.3) is 11.8 Å². The van der Waals surface area contributed by atoms with E-state index in [2.05, 4.69) is 22.5 Å². The number of carbonyl (C=O) groups excluding carboxylic acids is 2. The van der Waals surface area contributed by atoms with E-state index in [-0.39, 0.29) is 18.4 Å². The summed E-state index contributed by atoms with van der Waals surface area (Å²) in [4.78, 5) is 29.7. The molecule has 1 aliphatic heterocycles. The van der Waals surface area contributed by atoms with E-state index in [1.165, 1.54) is 11.3 Å². The zero-order valence-corrected chi connectivity index (χ0v) is 18.3. The summed E-state index contributed by atoms with van der Waals surface area (Å²) in [5, 5.41) is 6.14. The number of thiazole rings is 1. The molecule has 0 fully saturated rings. The monoisotopic (exact) mass is 437 g/mol. The first kappa shape index (κ1) is 20.9. The lowest BCUT2D eigenvalue weighted by molar-refractivity contribution is -0.122. The molecule has 4 rings (SSSR count). The Kier molecular flexibility index (Phi) is 5.90. The molecule has 2 heterocycles. The first-order valence-corrected chi connectivity index (χ1v) is 10.9. The van der Waals surface area contributed by atoms with Crippen molar-refractivity contribution in [3.63, 3.8) is 0 Å². The lowest BCUT2D eigenvalue weighted by Crippen LogP contribution is -2.34. The Labute approximate surface area is 184 Å². The van der Waals surface area contributed by atoms with E-state index >= 15 is 0 Å². The van der Waals surface area contributed by atoms with Crippen LogP contribution in [0.2, 0.25) is 0 Å². The van der Waals surface area contributed by atoms with Crippen molar-refractivity contribution in [3.8, 4) is 22.8 Å². The van der Waals surface area contributed by atoms with Gasteiger partial charge in [-0.15, -0.1) is 11.3 Å². The highest BCUT2D eigenvalue weighted by Gasteiger charge is 2.24. The molecule has 2 N–H and O–H groups in total. The van der Waals surface area contributed by atoms with Crippen LogP contribution in [0.1, 0.15) is 24.3 Å². The zero-order chi connectivity index (χ0) is 22.0. The molecule has 2 amide bonds. The van der Waals surface area contributed by atoms with Crippen LogP contribution in [0.5, 0.6) is 11.5 Å². The number of nitrogens with zero attached hydrogens (tertiary/aromatic N) is 1. The second-order valence-corrected chi connectivity index (χ2v) is 8.43. The Morgan fingerprint density at radius 2 is 2.13 bits per heavy atom. The Hall–Kier alpha value is -3.39. The van der Waals surface area contributed by atoms with Crippen LogP contribution in [0.15, 0.2) is 42.5 Å². The first-order valence-electron chi connectivity index (χ1n) is 10.0. The molecule has 1 unspecified atom stereocenters. The molecular weight excluding hydrogens is 414 g/mol. The van der Waals surface area contributed by atoms with Crippen molar-refractivity contribution >= 4 is 34.0 Å². The van der Waals surface area contributed by atoms with Crippen LogP contribution in [0.25, 0.3) is 11.3 Å². The number of nitrogens with one attached hydrogen (secondary N) is 2. The maximum atomic E-state index is 12.3. The van der Waals surface area contributed by atoms with Crippen LogP contribution in [-0.4, -0.2) is 29.5 Å². The molecule has 0 aliphatic carbocycles. The van der Waals surface area contributed by atoms with Crippen LogP contribution in [0.4, 0.5) is 10.8 Å². The number of ether oxygens (including phenoxy) is 2.